The van der Waals surface area contributed by atoms with Crippen molar-refractivity contribution in [3.63, 3.8) is 0 Å². The first kappa shape index (κ1) is 17.5. The lowest BCUT2D eigenvalue weighted by atomic mass is 10.1. The normalized spacial score (nSPS) is 13.0. The highest BCUT2D eigenvalue weighted by Gasteiger charge is 2.19. The fourth-order valence-electron chi connectivity index (χ4n) is 1.88. The van der Waals surface area contributed by atoms with Crippen LogP contribution in [0.25, 0.3) is 0 Å². The van der Waals surface area contributed by atoms with Gasteiger partial charge in [-0.3, -0.25) is 9.71 Å². The third-order valence-electron chi connectivity index (χ3n) is 2.85. The third kappa shape index (κ3) is 5.08. The van der Waals surface area contributed by atoms with Gasteiger partial charge >= 0.3 is 0 Å². The Morgan fingerprint density at radius 2 is 1.57 bits per heavy atom. The lowest BCUT2D eigenvalue weighted by Gasteiger charge is -2.18. The quantitative estimate of drug-likeness (QED) is 0.675. The summed E-state index contributed by atoms with van der Waals surface area (Å²) in [5, 5.41) is 0.482. The van der Waals surface area contributed by atoms with Gasteiger partial charge in [-0.25, -0.2) is 8.42 Å². The van der Waals surface area contributed by atoms with Crippen LogP contribution in [0, 0.1) is 0 Å². The standard InChI is InChI=1S/C17H19ClN2O2S/c1-17(2,3)19-16(13-7-5-4-6-8-13)20-23(21,22)15-11-9-14(18)10-12-15/h4-12H,1-3H3,(H,19,20). The molecule has 122 valence electrons. The minimum atomic E-state index is -3.74. The van der Waals surface area contributed by atoms with E-state index in [0.717, 1.165) is 0 Å². The van der Waals surface area contributed by atoms with Crippen LogP contribution >= 0.6 is 11.6 Å². The van der Waals surface area contributed by atoms with Crippen molar-refractivity contribution in [3.8, 4) is 0 Å². The molecule has 2 aromatic carbocycles. The number of hydrogen-bond acceptors (Lipinski definition) is 3. The molecular formula is C17H19ClN2O2S. The Balaban J connectivity index is 2.42. The smallest absolute Gasteiger partial charge is 0.263 e. The molecule has 23 heavy (non-hydrogen) atoms. The van der Waals surface area contributed by atoms with Gasteiger partial charge < -0.3 is 0 Å². The minimum absolute atomic E-state index is 0.138. The Kier molecular flexibility index (Phi) is 5.12. The van der Waals surface area contributed by atoms with E-state index in [2.05, 4.69) is 9.71 Å². The van der Waals surface area contributed by atoms with Crippen LogP contribution in [0.4, 0.5) is 0 Å². The van der Waals surface area contributed by atoms with E-state index >= 15 is 0 Å². The molecule has 0 aliphatic rings. The highest BCUT2D eigenvalue weighted by Crippen LogP contribution is 2.16. The summed E-state index contributed by atoms with van der Waals surface area (Å²) in [6, 6.07) is 15.2. The van der Waals surface area contributed by atoms with E-state index in [1.165, 1.54) is 12.1 Å². The Morgan fingerprint density at radius 3 is 2.09 bits per heavy atom. The average Bonchev–Trinajstić information content (AvgIpc) is 2.46. The minimum Gasteiger partial charge on any atom is -0.263 e. The zero-order valence-electron chi connectivity index (χ0n) is 13.2. The molecule has 0 aliphatic heterocycles. The van der Waals surface area contributed by atoms with Gasteiger partial charge in [-0.15, -0.1) is 0 Å². The first-order valence-electron chi connectivity index (χ1n) is 7.11. The molecule has 4 nitrogen and oxygen atoms in total. The van der Waals surface area contributed by atoms with Gasteiger partial charge in [-0.05, 0) is 45.0 Å². The molecule has 0 bridgehead atoms. The lowest BCUT2D eigenvalue weighted by Crippen LogP contribution is -2.33. The molecule has 0 unspecified atom stereocenters. The van der Waals surface area contributed by atoms with E-state index in [-0.39, 0.29) is 4.90 Å². The molecule has 0 amide bonds. The van der Waals surface area contributed by atoms with Gasteiger partial charge in [0.15, 0.2) is 0 Å². The summed E-state index contributed by atoms with van der Waals surface area (Å²) < 4.78 is 27.7. The molecule has 2 rings (SSSR count). The fraction of sp³-hybridized carbons (Fsp3) is 0.235. The number of halogens is 1. The largest absolute Gasteiger partial charge is 0.263 e. The number of nitrogens with one attached hydrogen (secondary N) is 1. The number of sulfonamides is 1. The fourth-order valence-corrected chi connectivity index (χ4v) is 3.03. The molecule has 0 fully saturated rings. The molecule has 1 N–H and O–H groups in total. The molecule has 0 atom stereocenters. The van der Waals surface area contributed by atoms with Gasteiger partial charge in [-0.1, -0.05) is 41.9 Å². The number of nitrogens with zero attached hydrogens (tertiary/aromatic N) is 1. The molecule has 0 radical (unpaired) electrons. The van der Waals surface area contributed by atoms with Gasteiger partial charge in [0.25, 0.3) is 10.0 Å². The summed E-state index contributed by atoms with van der Waals surface area (Å²) >= 11 is 5.81. The van der Waals surface area contributed by atoms with Gasteiger partial charge in [0.05, 0.1) is 10.4 Å². The lowest BCUT2D eigenvalue weighted by molar-refractivity contribution is 0.578. The number of amidine groups is 1. The zero-order chi connectivity index (χ0) is 17.1. The van der Waals surface area contributed by atoms with Gasteiger partial charge in [0.1, 0.15) is 5.84 Å². The second-order valence-electron chi connectivity index (χ2n) is 6.06. The van der Waals surface area contributed by atoms with Crippen molar-refractivity contribution < 1.29 is 8.42 Å². The van der Waals surface area contributed by atoms with Gasteiger partial charge in [-0.2, -0.15) is 0 Å². The van der Waals surface area contributed by atoms with E-state index in [1.807, 2.05) is 51.1 Å². The Hall–Kier alpha value is -1.85. The van der Waals surface area contributed by atoms with Crippen molar-refractivity contribution in [1.29, 1.82) is 0 Å². The summed E-state index contributed by atoms with van der Waals surface area (Å²) in [5.74, 6) is 0.313. The second kappa shape index (κ2) is 6.72. The summed E-state index contributed by atoms with van der Waals surface area (Å²) in [7, 11) is -3.74. The van der Waals surface area contributed by atoms with Crippen molar-refractivity contribution in [1.82, 2.24) is 4.72 Å². The molecule has 0 heterocycles. The van der Waals surface area contributed by atoms with E-state index in [9.17, 15) is 8.42 Å². The van der Waals surface area contributed by atoms with Crippen LogP contribution in [0.5, 0.6) is 0 Å². The monoisotopic (exact) mass is 350 g/mol. The van der Waals surface area contributed by atoms with E-state index < -0.39 is 15.6 Å². The molecular weight excluding hydrogens is 332 g/mol. The molecule has 6 heteroatoms. The average molecular weight is 351 g/mol. The predicted octanol–water partition coefficient (Wildman–Crippen LogP) is 3.86. The first-order chi connectivity index (χ1) is 10.7. The molecule has 0 aliphatic carbocycles. The number of rotatable bonds is 3. The predicted molar refractivity (Wildman–Crippen MR) is 94.5 cm³/mol. The van der Waals surface area contributed by atoms with Crippen LogP contribution < -0.4 is 4.72 Å². The summed E-state index contributed by atoms with van der Waals surface area (Å²) in [5.41, 5.74) is 0.285. The second-order valence-corrected chi connectivity index (χ2v) is 8.18. The Labute approximate surface area is 142 Å². The highest BCUT2D eigenvalue weighted by molar-refractivity contribution is 7.90. The maximum absolute atomic E-state index is 12.6. The molecule has 0 spiro atoms. The van der Waals surface area contributed by atoms with Crippen LogP contribution in [0.3, 0.4) is 0 Å². The molecule has 0 saturated heterocycles. The van der Waals surface area contributed by atoms with E-state index in [0.29, 0.717) is 16.4 Å². The van der Waals surface area contributed by atoms with Crippen molar-refractivity contribution in [2.75, 3.05) is 0 Å². The van der Waals surface area contributed by atoms with Gasteiger partial charge in [0.2, 0.25) is 0 Å². The zero-order valence-corrected chi connectivity index (χ0v) is 14.8. The van der Waals surface area contributed by atoms with Crippen LogP contribution in [0.2, 0.25) is 5.02 Å². The van der Waals surface area contributed by atoms with Crippen molar-refractivity contribution >= 4 is 27.5 Å². The van der Waals surface area contributed by atoms with Crippen LogP contribution in [-0.2, 0) is 10.0 Å². The van der Waals surface area contributed by atoms with Crippen LogP contribution in [0.15, 0.2) is 64.5 Å². The Morgan fingerprint density at radius 1 is 1.00 bits per heavy atom. The van der Waals surface area contributed by atoms with E-state index in [1.54, 1.807) is 12.1 Å². The van der Waals surface area contributed by atoms with Crippen LogP contribution in [0.1, 0.15) is 26.3 Å². The van der Waals surface area contributed by atoms with E-state index in [4.69, 9.17) is 11.6 Å². The number of benzene rings is 2. The SMILES string of the molecule is CC(C)(C)N=C(NS(=O)(=O)c1ccc(Cl)cc1)c1ccccc1. The van der Waals surface area contributed by atoms with Gasteiger partial charge in [0, 0.05) is 10.6 Å². The van der Waals surface area contributed by atoms with Crippen molar-refractivity contribution in [3.05, 3.63) is 65.2 Å². The summed E-state index contributed by atoms with van der Waals surface area (Å²) in [6.07, 6.45) is 0. The summed E-state index contributed by atoms with van der Waals surface area (Å²) in [4.78, 5) is 4.65. The maximum atomic E-state index is 12.6. The third-order valence-corrected chi connectivity index (χ3v) is 4.46. The maximum Gasteiger partial charge on any atom is 0.263 e. The summed E-state index contributed by atoms with van der Waals surface area (Å²) in [6.45, 7) is 5.73. The Bertz CT molecular complexity index is 793. The highest BCUT2D eigenvalue weighted by atomic mass is 35.5. The van der Waals surface area contributed by atoms with Crippen LogP contribution in [-0.4, -0.2) is 19.8 Å². The molecule has 0 aromatic heterocycles. The first-order valence-corrected chi connectivity index (χ1v) is 8.97. The topological polar surface area (TPSA) is 58.5 Å². The number of aliphatic imine (C=N–C) groups is 1. The molecule has 0 saturated carbocycles. The van der Waals surface area contributed by atoms with Crippen molar-refractivity contribution in [2.24, 2.45) is 4.99 Å². The molecule has 2 aromatic rings. The number of hydrogen-bond donors (Lipinski definition) is 1. The van der Waals surface area contributed by atoms with Crippen molar-refractivity contribution in [2.45, 2.75) is 31.2 Å².